The average molecular weight is 225 g/mol. The summed E-state index contributed by atoms with van der Waals surface area (Å²) in [5.74, 6) is -1.03. The number of fused-ring (bicyclic) bond motifs is 1. The number of hydrogen-bond donors (Lipinski definition) is 1. The quantitative estimate of drug-likeness (QED) is 0.851. The highest BCUT2D eigenvalue weighted by atomic mass is 19.2. The lowest BCUT2D eigenvalue weighted by atomic mass is 10.2. The Labute approximate surface area is 91.9 Å². The van der Waals surface area contributed by atoms with Gasteiger partial charge in [0.1, 0.15) is 5.82 Å². The summed E-state index contributed by atoms with van der Waals surface area (Å²) in [4.78, 5) is 4.18. The number of rotatable bonds is 2. The van der Waals surface area contributed by atoms with Crippen LogP contribution in [0.15, 0.2) is 12.1 Å². The van der Waals surface area contributed by atoms with E-state index in [4.69, 9.17) is 5.73 Å². The molecule has 0 spiro atoms. The number of aromatic nitrogens is 2. The molecule has 5 heteroatoms. The molecule has 1 aromatic carbocycles. The Bertz CT molecular complexity index is 533. The van der Waals surface area contributed by atoms with E-state index in [1.807, 2.05) is 11.5 Å². The van der Waals surface area contributed by atoms with E-state index in [0.717, 1.165) is 12.1 Å². The van der Waals surface area contributed by atoms with Crippen LogP contribution in [0.5, 0.6) is 0 Å². The monoisotopic (exact) mass is 225 g/mol. The predicted molar refractivity (Wildman–Crippen MR) is 58.2 cm³/mol. The number of aryl methyl sites for hydroxylation is 1. The smallest absolute Gasteiger partial charge is 0.161 e. The van der Waals surface area contributed by atoms with Crippen LogP contribution in [0.3, 0.4) is 0 Å². The number of benzene rings is 1. The molecule has 16 heavy (non-hydrogen) atoms. The van der Waals surface area contributed by atoms with Crippen LogP contribution >= 0.6 is 0 Å². The van der Waals surface area contributed by atoms with Gasteiger partial charge in [0, 0.05) is 24.7 Å². The number of nitrogens with zero attached hydrogens (tertiary/aromatic N) is 2. The third-order valence-electron chi connectivity index (χ3n) is 2.69. The molecule has 1 atom stereocenters. The summed E-state index contributed by atoms with van der Waals surface area (Å²) < 4.78 is 28.0. The van der Waals surface area contributed by atoms with Gasteiger partial charge in [-0.2, -0.15) is 0 Å². The lowest BCUT2D eigenvalue weighted by molar-refractivity contribution is 0.508. The topological polar surface area (TPSA) is 43.8 Å². The molecule has 0 aliphatic carbocycles. The van der Waals surface area contributed by atoms with E-state index < -0.39 is 11.6 Å². The van der Waals surface area contributed by atoms with E-state index in [1.165, 1.54) is 0 Å². The van der Waals surface area contributed by atoms with Crippen molar-refractivity contribution in [2.24, 2.45) is 5.73 Å². The van der Waals surface area contributed by atoms with Crippen molar-refractivity contribution in [3.05, 3.63) is 29.6 Å². The van der Waals surface area contributed by atoms with Gasteiger partial charge < -0.3 is 10.3 Å². The Morgan fingerprint density at radius 3 is 2.62 bits per heavy atom. The molecule has 2 rings (SSSR count). The van der Waals surface area contributed by atoms with Crippen LogP contribution in [0.2, 0.25) is 0 Å². The minimum atomic E-state index is -0.877. The van der Waals surface area contributed by atoms with Crippen LogP contribution in [0, 0.1) is 18.6 Å². The molecule has 2 N–H and O–H groups in total. The second kappa shape index (κ2) is 3.83. The SMILES string of the molecule is Cc1nc2cc(F)c(F)cc2n1C(C)CN. The maximum Gasteiger partial charge on any atom is 0.161 e. The van der Waals surface area contributed by atoms with Crippen LogP contribution in [0.4, 0.5) is 8.78 Å². The molecule has 1 heterocycles. The highest BCUT2D eigenvalue weighted by Gasteiger charge is 2.14. The van der Waals surface area contributed by atoms with E-state index in [-0.39, 0.29) is 6.04 Å². The zero-order chi connectivity index (χ0) is 11.9. The number of halogens is 2. The molecule has 0 aliphatic heterocycles. The Morgan fingerprint density at radius 2 is 2.00 bits per heavy atom. The first-order chi connectivity index (χ1) is 7.54. The summed E-state index contributed by atoms with van der Waals surface area (Å²) in [5, 5.41) is 0. The first kappa shape index (κ1) is 11.0. The Morgan fingerprint density at radius 1 is 1.38 bits per heavy atom. The van der Waals surface area contributed by atoms with Crippen molar-refractivity contribution in [3.63, 3.8) is 0 Å². The molecule has 0 saturated carbocycles. The standard InChI is InChI=1S/C11H13F2N3/c1-6(5-14)16-7(2)15-10-3-8(12)9(13)4-11(10)16/h3-4,6H,5,14H2,1-2H3. The van der Waals surface area contributed by atoms with Crippen molar-refractivity contribution in [1.82, 2.24) is 9.55 Å². The number of hydrogen-bond acceptors (Lipinski definition) is 2. The summed E-state index contributed by atoms with van der Waals surface area (Å²) in [5.41, 5.74) is 6.61. The normalized spacial score (nSPS) is 13.3. The highest BCUT2D eigenvalue weighted by molar-refractivity contribution is 5.76. The van der Waals surface area contributed by atoms with Crippen molar-refractivity contribution in [1.29, 1.82) is 0 Å². The zero-order valence-corrected chi connectivity index (χ0v) is 9.17. The van der Waals surface area contributed by atoms with Gasteiger partial charge in [-0.15, -0.1) is 0 Å². The fourth-order valence-corrected chi connectivity index (χ4v) is 1.87. The van der Waals surface area contributed by atoms with Crippen LogP contribution in [0.25, 0.3) is 11.0 Å². The van der Waals surface area contributed by atoms with Gasteiger partial charge in [0.15, 0.2) is 11.6 Å². The third kappa shape index (κ3) is 1.57. The van der Waals surface area contributed by atoms with Gasteiger partial charge in [-0.1, -0.05) is 0 Å². The van der Waals surface area contributed by atoms with Crippen LogP contribution in [0.1, 0.15) is 18.8 Å². The average Bonchev–Trinajstić information content (AvgIpc) is 2.54. The van der Waals surface area contributed by atoms with Crippen LogP contribution in [-0.2, 0) is 0 Å². The lowest BCUT2D eigenvalue weighted by Gasteiger charge is -2.13. The van der Waals surface area contributed by atoms with Crippen molar-refractivity contribution in [3.8, 4) is 0 Å². The van der Waals surface area contributed by atoms with Crippen molar-refractivity contribution in [2.45, 2.75) is 19.9 Å². The number of imidazole rings is 1. The molecule has 3 nitrogen and oxygen atoms in total. The number of nitrogens with two attached hydrogens (primary N) is 1. The van der Waals surface area contributed by atoms with Gasteiger partial charge in [-0.25, -0.2) is 13.8 Å². The fraction of sp³-hybridized carbons (Fsp3) is 0.364. The Hall–Kier alpha value is -1.49. The molecule has 1 aromatic heterocycles. The van der Waals surface area contributed by atoms with E-state index in [9.17, 15) is 8.78 Å². The molecule has 0 amide bonds. The predicted octanol–water partition coefficient (Wildman–Crippen LogP) is 2.14. The molecular weight excluding hydrogens is 212 g/mol. The second-order valence-corrected chi connectivity index (χ2v) is 3.87. The largest absolute Gasteiger partial charge is 0.328 e. The minimum Gasteiger partial charge on any atom is -0.328 e. The van der Waals surface area contributed by atoms with Gasteiger partial charge >= 0.3 is 0 Å². The van der Waals surface area contributed by atoms with Crippen molar-refractivity contribution >= 4 is 11.0 Å². The van der Waals surface area contributed by atoms with E-state index >= 15 is 0 Å². The zero-order valence-electron chi connectivity index (χ0n) is 9.17. The highest BCUT2D eigenvalue weighted by Crippen LogP contribution is 2.22. The molecule has 0 fully saturated rings. The molecule has 0 aliphatic rings. The van der Waals surface area contributed by atoms with Crippen LogP contribution < -0.4 is 5.73 Å². The molecule has 1 unspecified atom stereocenters. The molecule has 0 radical (unpaired) electrons. The van der Waals surface area contributed by atoms with Gasteiger partial charge in [-0.3, -0.25) is 0 Å². The maximum atomic E-state index is 13.2. The lowest BCUT2D eigenvalue weighted by Crippen LogP contribution is -2.17. The minimum absolute atomic E-state index is 0.00913. The molecule has 2 aromatic rings. The summed E-state index contributed by atoms with van der Waals surface area (Å²) in [7, 11) is 0. The van der Waals surface area contributed by atoms with Crippen molar-refractivity contribution < 1.29 is 8.78 Å². The van der Waals surface area contributed by atoms with Crippen LogP contribution in [-0.4, -0.2) is 16.1 Å². The van der Waals surface area contributed by atoms with Gasteiger partial charge in [-0.05, 0) is 13.8 Å². The maximum absolute atomic E-state index is 13.2. The molecular formula is C11H13F2N3. The summed E-state index contributed by atoms with van der Waals surface area (Å²) in [6, 6.07) is 2.28. The Kier molecular flexibility index (Phi) is 2.63. The Balaban J connectivity index is 2.73. The second-order valence-electron chi connectivity index (χ2n) is 3.87. The summed E-state index contributed by atoms with van der Waals surface area (Å²) in [6.07, 6.45) is 0. The van der Waals surface area contributed by atoms with E-state index in [2.05, 4.69) is 4.98 Å². The van der Waals surface area contributed by atoms with E-state index in [1.54, 1.807) is 6.92 Å². The molecule has 0 saturated heterocycles. The summed E-state index contributed by atoms with van der Waals surface area (Å²) >= 11 is 0. The first-order valence-corrected chi connectivity index (χ1v) is 5.08. The van der Waals surface area contributed by atoms with Crippen molar-refractivity contribution in [2.75, 3.05) is 6.54 Å². The van der Waals surface area contributed by atoms with Gasteiger partial charge in [0.05, 0.1) is 11.0 Å². The fourth-order valence-electron chi connectivity index (χ4n) is 1.87. The first-order valence-electron chi connectivity index (χ1n) is 5.08. The summed E-state index contributed by atoms with van der Waals surface area (Å²) in [6.45, 7) is 4.13. The van der Waals surface area contributed by atoms with Gasteiger partial charge in [0.2, 0.25) is 0 Å². The van der Waals surface area contributed by atoms with Gasteiger partial charge in [0.25, 0.3) is 0 Å². The molecule has 86 valence electrons. The third-order valence-corrected chi connectivity index (χ3v) is 2.69. The molecule has 0 bridgehead atoms. The van der Waals surface area contributed by atoms with E-state index in [0.29, 0.717) is 23.4 Å².